The first-order valence-corrected chi connectivity index (χ1v) is 11.4. The zero-order chi connectivity index (χ0) is 21.3. The molecule has 0 aliphatic rings. The van der Waals surface area contributed by atoms with Crippen LogP contribution >= 0.6 is 50.5 Å². The van der Waals surface area contributed by atoms with E-state index < -0.39 is 6.10 Å². The monoisotopic (exact) mass is 520 g/mol. The molecule has 4 nitrogen and oxygen atoms in total. The van der Waals surface area contributed by atoms with Crippen LogP contribution in [0.5, 0.6) is 5.75 Å². The van der Waals surface area contributed by atoms with E-state index in [9.17, 15) is 4.79 Å². The smallest absolute Gasteiger partial charge is 0.265 e. The Labute approximate surface area is 195 Å². The number of thiazole rings is 1. The third-order valence-corrected chi connectivity index (χ3v) is 6.42. The molecule has 0 saturated heterocycles. The van der Waals surface area contributed by atoms with E-state index in [1.54, 1.807) is 36.5 Å². The lowest BCUT2D eigenvalue weighted by Gasteiger charge is -2.17. The predicted molar refractivity (Wildman–Crippen MR) is 128 cm³/mol. The number of amides is 1. The number of aromatic nitrogens is 1. The fraction of sp³-hybridized carbons (Fsp3) is 0.0909. The molecule has 30 heavy (non-hydrogen) atoms. The minimum atomic E-state index is -0.768. The summed E-state index contributed by atoms with van der Waals surface area (Å²) < 4.78 is 7.70. The largest absolute Gasteiger partial charge is 0.479 e. The number of para-hydroxylation sites is 1. The summed E-state index contributed by atoms with van der Waals surface area (Å²) in [6, 6.07) is 18.5. The number of hydrogen-bond acceptors (Lipinski definition) is 4. The number of benzene rings is 3. The molecule has 4 aromatic rings. The summed E-state index contributed by atoms with van der Waals surface area (Å²) in [7, 11) is 0. The van der Waals surface area contributed by atoms with Gasteiger partial charge in [-0.25, -0.2) is 4.98 Å². The summed E-state index contributed by atoms with van der Waals surface area (Å²) in [5, 5.41) is 4.61. The maximum atomic E-state index is 12.8. The van der Waals surface area contributed by atoms with Crippen molar-refractivity contribution in [2.45, 2.75) is 13.0 Å². The van der Waals surface area contributed by atoms with Gasteiger partial charge in [0, 0.05) is 15.1 Å². The molecule has 152 valence electrons. The van der Waals surface area contributed by atoms with Crippen LogP contribution < -0.4 is 10.1 Å². The molecule has 8 heteroatoms. The van der Waals surface area contributed by atoms with Crippen molar-refractivity contribution in [2.24, 2.45) is 0 Å². The Bertz CT molecular complexity index is 1210. The van der Waals surface area contributed by atoms with Crippen LogP contribution in [0.15, 0.2) is 65.1 Å². The van der Waals surface area contributed by atoms with Crippen LogP contribution in [0.1, 0.15) is 6.92 Å². The molecule has 1 aromatic heterocycles. The minimum absolute atomic E-state index is 0.300. The molecule has 0 aliphatic heterocycles. The lowest BCUT2D eigenvalue weighted by molar-refractivity contribution is -0.122. The number of rotatable bonds is 5. The lowest BCUT2D eigenvalue weighted by atomic mass is 10.1. The number of nitrogens with zero attached hydrogens (tertiary/aromatic N) is 1. The van der Waals surface area contributed by atoms with Crippen LogP contribution in [-0.2, 0) is 4.79 Å². The molecule has 0 spiro atoms. The molecule has 0 fully saturated rings. The Balaban J connectivity index is 1.59. The molecule has 1 heterocycles. The Morgan fingerprint density at radius 3 is 2.70 bits per heavy atom. The molecule has 4 rings (SSSR count). The summed E-state index contributed by atoms with van der Waals surface area (Å²) in [6.45, 7) is 1.66. The van der Waals surface area contributed by atoms with Crippen LogP contribution in [0.4, 0.5) is 5.69 Å². The van der Waals surface area contributed by atoms with Gasteiger partial charge in [-0.3, -0.25) is 4.79 Å². The second kappa shape index (κ2) is 8.94. The van der Waals surface area contributed by atoms with Gasteiger partial charge in [-0.15, -0.1) is 11.3 Å². The molecule has 3 aromatic carbocycles. The quantitative estimate of drug-likeness (QED) is 0.297. The van der Waals surface area contributed by atoms with Crippen molar-refractivity contribution in [3.8, 4) is 16.3 Å². The summed E-state index contributed by atoms with van der Waals surface area (Å²) in [5.74, 6) is 0.0941. The normalized spacial score (nSPS) is 12.0. The van der Waals surface area contributed by atoms with Crippen LogP contribution in [0.3, 0.4) is 0 Å². The molecule has 1 unspecified atom stereocenters. The third kappa shape index (κ3) is 4.62. The van der Waals surface area contributed by atoms with E-state index in [0.29, 0.717) is 21.5 Å². The molecule has 1 N–H and O–H groups in total. The lowest BCUT2D eigenvalue weighted by Crippen LogP contribution is -2.30. The van der Waals surface area contributed by atoms with Crippen LogP contribution in [0.25, 0.3) is 20.8 Å². The first-order chi connectivity index (χ1) is 14.4. The molecule has 0 radical (unpaired) electrons. The first-order valence-electron chi connectivity index (χ1n) is 8.99. The Kier molecular flexibility index (Phi) is 6.29. The highest BCUT2D eigenvalue weighted by molar-refractivity contribution is 9.10. The molecule has 0 saturated carbocycles. The number of ether oxygens (including phenoxy) is 1. The van der Waals surface area contributed by atoms with E-state index in [0.717, 1.165) is 25.3 Å². The van der Waals surface area contributed by atoms with Crippen molar-refractivity contribution in [1.29, 1.82) is 0 Å². The Morgan fingerprint density at radius 2 is 1.93 bits per heavy atom. The summed E-state index contributed by atoms with van der Waals surface area (Å²) in [4.78, 5) is 17.5. The van der Waals surface area contributed by atoms with Gasteiger partial charge in [0.2, 0.25) is 0 Å². The van der Waals surface area contributed by atoms with Crippen LogP contribution in [0.2, 0.25) is 10.0 Å². The van der Waals surface area contributed by atoms with Gasteiger partial charge >= 0.3 is 0 Å². The average Bonchev–Trinajstić information content (AvgIpc) is 3.15. The number of carbonyl (C=O) groups excluding carboxylic acids is 1. The topological polar surface area (TPSA) is 51.2 Å². The van der Waals surface area contributed by atoms with E-state index in [1.165, 1.54) is 0 Å². The van der Waals surface area contributed by atoms with E-state index >= 15 is 0 Å². The molecular weight excluding hydrogens is 507 g/mol. The number of carbonyl (C=O) groups is 1. The van der Waals surface area contributed by atoms with Crippen molar-refractivity contribution < 1.29 is 9.53 Å². The van der Waals surface area contributed by atoms with Crippen molar-refractivity contribution >= 4 is 72.3 Å². The zero-order valence-electron chi connectivity index (χ0n) is 15.7. The highest BCUT2D eigenvalue weighted by Gasteiger charge is 2.19. The highest BCUT2D eigenvalue weighted by atomic mass is 79.9. The SMILES string of the molecule is CC(Oc1ccc(Cl)cc1Cl)C(=O)Nc1ccc(Br)cc1-c1nc2ccccc2s1. The van der Waals surface area contributed by atoms with Gasteiger partial charge in [-0.1, -0.05) is 51.3 Å². The second-order valence-electron chi connectivity index (χ2n) is 6.50. The Hall–Kier alpha value is -2.12. The van der Waals surface area contributed by atoms with Crippen molar-refractivity contribution in [3.63, 3.8) is 0 Å². The van der Waals surface area contributed by atoms with Gasteiger partial charge in [0.05, 0.1) is 20.9 Å². The predicted octanol–water partition coefficient (Wildman–Crippen LogP) is 7.44. The number of nitrogens with one attached hydrogen (secondary N) is 1. The second-order valence-corrected chi connectivity index (χ2v) is 9.29. The number of hydrogen-bond donors (Lipinski definition) is 1. The fourth-order valence-corrected chi connectivity index (χ4v) is 4.65. The van der Waals surface area contributed by atoms with Gasteiger partial charge in [0.25, 0.3) is 5.91 Å². The molecule has 0 aliphatic carbocycles. The fourth-order valence-electron chi connectivity index (χ4n) is 2.84. The van der Waals surface area contributed by atoms with E-state index in [-0.39, 0.29) is 5.91 Å². The van der Waals surface area contributed by atoms with Gasteiger partial charge in [0.15, 0.2) is 6.10 Å². The number of halogens is 3. The summed E-state index contributed by atoms with van der Waals surface area (Å²) >= 11 is 17.1. The van der Waals surface area contributed by atoms with Crippen molar-refractivity contribution in [2.75, 3.05) is 5.32 Å². The van der Waals surface area contributed by atoms with Crippen LogP contribution in [0, 0.1) is 0 Å². The number of fused-ring (bicyclic) bond motifs is 1. The van der Waals surface area contributed by atoms with Crippen LogP contribution in [-0.4, -0.2) is 17.0 Å². The standard InChI is InChI=1S/C22H15BrCl2N2O2S/c1-12(29-19-9-7-14(24)11-16(19)25)21(28)26-17-8-6-13(23)10-15(17)22-27-18-4-2-3-5-20(18)30-22/h2-12H,1H3,(H,26,28). The maximum Gasteiger partial charge on any atom is 0.265 e. The van der Waals surface area contributed by atoms with Crippen molar-refractivity contribution in [1.82, 2.24) is 4.98 Å². The molecular formula is C22H15BrCl2N2O2S. The Morgan fingerprint density at radius 1 is 1.13 bits per heavy atom. The number of anilines is 1. The first kappa shape index (κ1) is 21.1. The van der Waals surface area contributed by atoms with Gasteiger partial charge in [-0.2, -0.15) is 0 Å². The third-order valence-electron chi connectivity index (χ3n) is 4.33. The van der Waals surface area contributed by atoms with E-state index in [4.69, 9.17) is 32.9 Å². The average molecular weight is 522 g/mol. The van der Waals surface area contributed by atoms with E-state index in [2.05, 4.69) is 21.2 Å². The molecule has 1 amide bonds. The van der Waals surface area contributed by atoms with E-state index in [1.807, 2.05) is 42.5 Å². The molecule has 1 atom stereocenters. The van der Waals surface area contributed by atoms with Crippen molar-refractivity contribution in [3.05, 3.63) is 75.2 Å². The summed E-state index contributed by atoms with van der Waals surface area (Å²) in [6.07, 6.45) is -0.768. The maximum absolute atomic E-state index is 12.8. The zero-order valence-corrected chi connectivity index (χ0v) is 19.6. The van der Waals surface area contributed by atoms with Gasteiger partial charge in [-0.05, 0) is 55.5 Å². The molecule has 0 bridgehead atoms. The minimum Gasteiger partial charge on any atom is -0.479 e. The summed E-state index contributed by atoms with van der Waals surface area (Å²) in [5.41, 5.74) is 2.40. The van der Waals surface area contributed by atoms with Gasteiger partial charge < -0.3 is 10.1 Å². The highest BCUT2D eigenvalue weighted by Crippen LogP contribution is 2.36. The van der Waals surface area contributed by atoms with Gasteiger partial charge in [0.1, 0.15) is 10.8 Å².